The molecule has 0 aromatic heterocycles. The highest BCUT2D eigenvalue weighted by molar-refractivity contribution is 5.94. The van der Waals surface area contributed by atoms with Gasteiger partial charge in [-0.1, -0.05) is 24.1 Å². The molecular formula is C13H15NO2. The van der Waals surface area contributed by atoms with Gasteiger partial charge in [0.1, 0.15) is 0 Å². The maximum Gasteiger partial charge on any atom is 0.296 e. The van der Waals surface area contributed by atoms with Crippen LogP contribution in [-0.2, 0) is 4.79 Å². The van der Waals surface area contributed by atoms with Crippen LogP contribution in [-0.4, -0.2) is 23.7 Å². The summed E-state index contributed by atoms with van der Waals surface area (Å²) in [5.41, 5.74) is 0.812. The van der Waals surface area contributed by atoms with Crippen molar-refractivity contribution in [2.24, 2.45) is 0 Å². The fourth-order valence-electron chi connectivity index (χ4n) is 1.18. The van der Waals surface area contributed by atoms with Crippen molar-refractivity contribution < 1.29 is 9.90 Å². The van der Waals surface area contributed by atoms with Crippen molar-refractivity contribution in [1.29, 1.82) is 0 Å². The molecule has 0 aliphatic carbocycles. The van der Waals surface area contributed by atoms with Crippen molar-refractivity contribution in [1.82, 2.24) is 5.32 Å². The van der Waals surface area contributed by atoms with E-state index < -0.39 is 0 Å². The van der Waals surface area contributed by atoms with Crippen LogP contribution in [0.2, 0.25) is 0 Å². The van der Waals surface area contributed by atoms with Crippen LogP contribution >= 0.6 is 0 Å². The summed E-state index contributed by atoms with van der Waals surface area (Å²) in [6.07, 6.45) is 0.540. The van der Waals surface area contributed by atoms with E-state index in [1.54, 1.807) is 0 Å². The van der Waals surface area contributed by atoms with Crippen molar-refractivity contribution in [3.05, 3.63) is 35.9 Å². The van der Waals surface area contributed by atoms with E-state index in [1.807, 2.05) is 37.3 Å². The lowest BCUT2D eigenvalue weighted by Crippen LogP contribution is -2.32. The largest absolute Gasteiger partial charge is 0.396 e. The van der Waals surface area contributed by atoms with E-state index in [0.717, 1.165) is 5.56 Å². The van der Waals surface area contributed by atoms with E-state index in [1.165, 1.54) is 0 Å². The van der Waals surface area contributed by atoms with E-state index in [9.17, 15) is 4.79 Å². The van der Waals surface area contributed by atoms with Crippen LogP contribution in [0.5, 0.6) is 0 Å². The Labute approximate surface area is 95.5 Å². The molecule has 0 spiro atoms. The Kier molecular flexibility index (Phi) is 5.10. The highest BCUT2D eigenvalue weighted by Crippen LogP contribution is 1.94. The van der Waals surface area contributed by atoms with Gasteiger partial charge in [-0.25, -0.2) is 0 Å². The molecule has 1 unspecified atom stereocenters. The number of rotatable bonds is 3. The molecule has 16 heavy (non-hydrogen) atoms. The Balaban J connectivity index is 2.49. The molecule has 0 saturated heterocycles. The van der Waals surface area contributed by atoms with Crippen molar-refractivity contribution in [2.75, 3.05) is 6.61 Å². The summed E-state index contributed by atoms with van der Waals surface area (Å²) >= 11 is 0. The number of aliphatic hydroxyl groups is 1. The maximum absolute atomic E-state index is 11.3. The number of benzene rings is 1. The molecule has 0 fully saturated rings. The normalized spacial score (nSPS) is 11.1. The SMILES string of the molecule is CC(CCO)NC(=O)C#Cc1ccccc1. The number of hydrogen-bond donors (Lipinski definition) is 2. The lowest BCUT2D eigenvalue weighted by atomic mass is 10.2. The van der Waals surface area contributed by atoms with Crippen LogP contribution in [0.15, 0.2) is 30.3 Å². The second-order valence-corrected chi connectivity index (χ2v) is 3.50. The van der Waals surface area contributed by atoms with Crippen molar-refractivity contribution in [3.63, 3.8) is 0 Å². The summed E-state index contributed by atoms with van der Waals surface area (Å²) in [4.78, 5) is 11.3. The first-order valence-electron chi connectivity index (χ1n) is 5.21. The third-order valence-corrected chi connectivity index (χ3v) is 2.03. The van der Waals surface area contributed by atoms with Gasteiger partial charge in [0.15, 0.2) is 0 Å². The summed E-state index contributed by atoms with van der Waals surface area (Å²) in [5, 5.41) is 11.3. The number of hydrogen-bond acceptors (Lipinski definition) is 2. The topological polar surface area (TPSA) is 49.3 Å². The summed E-state index contributed by atoms with van der Waals surface area (Å²) in [7, 11) is 0. The van der Waals surface area contributed by atoms with Crippen LogP contribution < -0.4 is 5.32 Å². The van der Waals surface area contributed by atoms with Gasteiger partial charge in [0, 0.05) is 24.1 Å². The number of nitrogens with one attached hydrogen (secondary N) is 1. The van der Waals surface area contributed by atoms with E-state index >= 15 is 0 Å². The Bertz CT molecular complexity index is 389. The third kappa shape index (κ3) is 4.63. The van der Waals surface area contributed by atoms with Gasteiger partial charge in [0.25, 0.3) is 5.91 Å². The molecule has 0 aliphatic heterocycles. The molecule has 1 amide bonds. The number of aliphatic hydroxyl groups excluding tert-OH is 1. The third-order valence-electron chi connectivity index (χ3n) is 2.03. The Morgan fingerprint density at radius 3 is 2.75 bits per heavy atom. The first kappa shape index (κ1) is 12.3. The summed E-state index contributed by atoms with van der Waals surface area (Å²) in [6.45, 7) is 1.89. The lowest BCUT2D eigenvalue weighted by Gasteiger charge is -2.08. The average Bonchev–Trinajstić information content (AvgIpc) is 2.28. The first-order valence-corrected chi connectivity index (χ1v) is 5.21. The fraction of sp³-hybridized carbons (Fsp3) is 0.308. The summed E-state index contributed by atoms with van der Waals surface area (Å²) in [6, 6.07) is 9.28. The predicted molar refractivity (Wildman–Crippen MR) is 62.6 cm³/mol. The van der Waals surface area contributed by atoms with Gasteiger partial charge in [-0.15, -0.1) is 0 Å². The monoisotopic (exact) mass is 217 g/mol. The number of carbonyl (C=O) groups excluding carboxylic acids is 1. The smallest absolute Gasteiger partial charge is 0.296 e. The van der Waals surface area contributed by atoms with Gasteiger partial charge < -0.3 is 10.4 Å². The zero-order valence-electron chi connectivity index (χ0n) is 9.23. The van der Waals surface area contributed by atoms with Crippen LogP contribution in [0.25, 0.3) is 0 Å². The van der Waals surface area contributed by atoms with Gasteiger partial charge in [-0.05, 0) is 25.5 Å². The minimum Gasteiger partial charge on any atom is -0.396 e. The molecule has 1 aromatic carbocycles. The molecule has 1 rings (SSSR count). The highest BCUT2D eigenvalue weighted by atomic mass is 16.3. The zero-order chi connectivity index (χ0) is 11.8. The number of carbonyl (C=O) groups is 1. The quantitative estimate of drug-likeness (QED) is 0.740. The molecule has 1 aromatic rings. The molecule has 0 heterocycles. The summed E-state index contributed by atoms with van der Waals surface area (Å²) < 4.78 is 0. The van der Waals surface area contributed by atoms with Crippen molar-refractivity contribution >= 4 is 5.91 Å². The predicted octanol–water partition coefficient (Wildman–Crippen LogP) is 0.925. The van der Waals surface area contributed by atoms with Crippen LogP contribution in [0, 0.1) is 11.8 Å². The zero-order valence-corrected chi connectivity index (χ0v) is 9.23. The molecule has 3 nitrogen and oxygen atoms in total. The molecule has 0 radical (unpaired) electrons. The van der Waals surface area contributed by atoms with Gasteiger partial charge in [-0.2, -0.15) is 0 Å². The van der Waals surface area contributed by atoms with Crippen LogP contribution in [0.3, 0.4) is 0 Å². The second kappa shape index (κ2) is 6.65. The van der Waals surface area contributed by atoms with E-state index in [4.69, 9.17) is 5.11 Å². The van der Waals surface area contributed by atoms with Gasteiger partial charge in [0.05, 0.1) is 0 Å². The molecule has 0 aliphatic rings. The minimum absolute atomic E-state index is 0.0532. The fourth-order valence-corrected chi connectivity index (χ4v) is 1.18. The highest BCUT2D eigenvalue weighted by Gasteiger charge is 2.02. The van der Waals surface area contributed by atoms with Gasteiger partial charge in [-0.3, -0.25) is 4.79 Å². The standard InChI is InChI=1S/C13H15NO2/c1-11(9-10-15)14-13(16)8-7-12-5-3-2-4-6-12/h2-6,11,15H,9-10H2,1H3,(H,14,16). The number of amides is 1. The molecule has 0 bridgehead atoms. The van der Waals surface area contributed by atoms with Gasteiger partial charge >= 0.3 is 0 Å². The molecule has 0 saturated carbocycles. The van der Waals surface area contributed by atoms with E-state index in [-0.39, 0.29) is 18.6 Å². The minimum atomic E-state index is -0.315. The van der Waals surface area contributed by atoms with Crippen LogP contribution in [0.4, 0.5) is 0 Å². The van der Waals surface area contributed by atoms with E-state index in [2.05, 4.69) is 17.2 Å². The molecule has 1 atom stereocenters. The Hall–Kier alpha value is -1.79. The van der Waals surface area contributed by atoms with E-state index in [0.29, 0.717) is 6.42 Å². The Morgan fingerprint density at radius 2 is 2.12 bits per heavy atom. The van der Waals surface area contributed by atoms with Crippen LogP contribution in [0.1, 0.15) is 18.9 Å². The molecular weight excluding hydrogens is 202 g/mol. The maximum atomic E-state index is 11.3. The van der Waals surface area contributed by atoms with Crippen molar-refractivity contribution in [3.8, 4) is 11.8 Å². The second-order valence-electron chi connectivity index (χ2n) is 3.50. The molecule has 3 heteroatoms. The Morgan fingerprint density at radius 1 is 1.44 bits per heavy atom. The molecule has 84 valence electrons. The summed E-state index contributed by atoms with van der Waals surface area (Å²) in [5.74, 6) is 4.96. The lowest BCUT2D eigenvalue weighted by molar-refractivity contribution is -0.116. The van der Waals surface area contributed by atoms with Gasteiger partial charge in [0.2, 0.25) is 0 Å². The first-order chi connectivity index (χ1) is 7.72. The van der Waals surface area contributed by atoms with Crippen molar-refractivity contribution in [2.45, 2.75) is 19.4 Å². The average molecular weight is 217 g/mol. The molecule has 2 N–H and O–H groups in total.